The van der Waals surface area contributed by atoms with Gasteiger partial charge in [0.1, 0.15) is 0 Å². The number of hydrogen-bond donors (Lipinski definition) is 1. The summed E-state index contributed by atoms with van der Waals surface area (Å²) in [6.45, 7) is 7.86. The van der Waals surface area contributed by atoms with E-state index in [1.54, 1.807) is 16.2 Å². The fourth-order valence-corrected chi connectivity index (χ4v) is 3.83. The Labute approximate surface area is 136 Å². The number of likely N-dealkylation sites (tertiary alicyclic amines) is 1. The summed E-state index contributed by atoms with van der Waals surface area (Å²) in [5.41, 5.74) is 1.02. The van der Waals surface area contributed by atoms with Crippen LogP contribution in [0.3, 0.4) is 0 Å². The zero-order chi connectivity index (χ0) is 16.1. The number of aryl methyl sites for hydroxylation is 2. The van der Waals surface area contributed by atoms with E-state index in [0.29, 0.717) is 32.5 Å². The van der Waals surface area contributed by atoms with Gasteiger partial charge in [0.15, 0.2) is 0 Å². The van der Waals surface area contributed by atoms with Crippen molar-refractivity contribution in [3.63, 3.8) is 0 Å². The standard InChI is InChI=1S/C16H25N3O2S/c1-4-6-14-18-11(3)13(22-14)9-17-16(21)12-7-8-15(20)19(5-2)10-12/h12H,4-10H2,1-3H3,(H,17,21)/t12-/m0/s1. The molecule has 22 heavy (non-hydrogen) atoms. The van der Waals surface area contributed by atoms with Crippen LogP contribution in [0.25, 0.3) is 0 Å². The molecule has 5 nitrogen and oxygen atoms in total. The summed E-state index contributed by atoms with van der Waals surface area (Å²) in [5, 5.41) is 4.16. The summed E-state index contributed by atoms with van der Waals surface area (Å²) in [4.78, 5) is 31.4. The van der Waals surface area contributed by atoms with Crippen molar-refractivity contribution in [2.24, 2.45) is 5.92 Å². The van der Waals surface area contributed by atoms with Gasteiger partial charge in [-0.2, -0.15) is 0 Å². The van der Waals surface area contributed by atoms with Gasteiger partial charge in [0.25, 0.3) is 0 Å². The van der Waals surface area contributed by atoms with Crippen molar-refractivity contribution in [1.82, 2.24) is 15.2 Å². The lowest BCUT2D eigenvalue weighted by Gasteiger charge is -2.30. The molecule has 1 aromatic heterocycles. The molecular weight excluding hydrogens is 298 g/mol. The van der Waals surface area contributed by atoms with E-state index in [9.17, 15) is 9.59 Å². The molecule has 2 heterocycles. The molecule has 0 bridgehead atoms. The van der Waals surface area contributed by atoms with E-state index in [-0.39, 0.29) is 17.7 Å². The van der Waals surface area contributed by atoms with Crippen molar-refractivity contribution >= 4 is 23.2 Å². The van der Waals surface area contributed by atoms with Gasteiger partial charge in [0.2, 0.25) is 11.8 Å². The number of nitrogens with zero attached hydrogens (tertiary/aromatic N) is 2. The van der Waals surface area contributed by atoms with Crippen LogP contribution in [0.15, 0.2) is 0 Å². The molecule has 0 radical (unpaired) electrons. The quantitative estimate of drug-likeness (QED) is 0.873. The Bertz CT molecular complexity index is 541. The summed E-state index contributed by atoms with van der Waals surface area (Å²) >= 11 is 1.69. The predicted octanol–water partition coefficient (Wildman–Crippen LogP) is 2.28. The zero-order valence-corrected chi connectivity index (χ0v) is 14.5. The van der Waals surface area contributed by atoms with E-state index >= 15 is 0 Å². The third kappa shape index (κ3) is 4.06. The molecule has 122 valence electrons. The van der Waals surface area contributed by atoms with Gasteiger partial charge in [0, 0.05) is 24.4 Å². The first-order chi connectivity index (χ1) is 10.5. The van der Waals surface area contributed by atoms with Crippen molar-refractivity contribution in [2.75, 3.05) is 13.1 Å². The van der Waals surface area contributed by atoms with Crippen molar-refractivity contribution in [3.05, 3.63) is 15.6 Å². The van der Waals surface area contributed by atoms with Gasteiger partial charge in [-0.3, -0.25) is 9.59 Å². The second-order valence-electron chi connectivity index (χ2n) is 5.75. The number of carbonyl (C=O) groups excluding carboxylic acids is 2. The number of piperidine rings is 1. The summed E-state index contributed by atoms with van der Waals surface area (Å²) in [7, 11) is 0. The van der Waals surface area contributed by atoms with Crippen LogP contribution in [0, 0.1) is 12.8 Å². The van der Waals surface area contributed by atoms with Crippen LogP contribution < -0.4 is 5.32 Å². The largest absolute Gasteiger partial charge is 0.351 e. The molecule has 1 aliphatic rings. The maximum Gasteiger partial charge on any atom is 0.225 e. The van der Waals surface area contributed by atoms with Crippen LogP contribution in [0.5, 0.6) is 0 Å². The van der Waals surface area contributed by atoms with E-state index in [0.717, 1.165) is 28.4 Å². The maximum absolute atomic E-state index is 12.3. The summed E-state index contributed by atoms with van der Waals surface area (Å²) < 4.78 is 0. The maximum atomic E-state index is 12.3. The van der Waals surface area contributed by atoms with Crippen molar-refractivity contribution in [3.8, 4) is 0 Å². The van der Waals surface area contributed by atoms with E-state index in [2.05, 4.69) is 17.2 Å². The SMILES string of the molecule is CCCc1nc(C)c(CNC(=O)[C@H]2CCC(=O)N(CC)C2)s1. The molecule has 2 rings (SSSR count). The molecule has 0 saturated carbocycles. The zero-order valence-electron chi connectivity index (χ0n) is 13.6. The predicted molar refractivity (Wildman–Crippen MR) is 87.7 cm³/mol. The molecule has 0 aromatic carbocycles. The molecule has 1 atom stereocenters. The van der Waals surface area contributed by atoms with Crippen LogP contribution in [-0.4, -0.2) is 34.8 Å². The number of rotatable bonds is 6. The highest BCUT2D eigenvalue weighted by Crippen LogP contribution is 2.21. The number of aromatic nitrogens is 1. The number of amides is 2. The average Bonchev–Trinajstić information content (AvgIpc) is 2.85. The topological polar surface area (TPSA) is 62.3 Å². The Morgan fingerprint density at radius 2 is 2.23 bits per heavy atom. The molecule has 1 fully saturated rings. The van der Waals surface area contributed by atoms with Crippen LogP contribution in [0.4, 0.5) is 0 Å². The summed E-state index contributed by atoms with van der Waals surface area (Å²) in [6.07, 6.45) is 3.22. The Hall–Kier alpha value is -1.43. The van der Waals surface area contributed by atoms with E-state index in [1.807, 2.05) is 13.8 Å². The average molecular weight is 323 g/mol. The van der Waals surface area contributed by atoms with Gasteiger partial charge in [-0.05, 0) is 33.1 Å². The van der Waals surface area contributed by atoms with E-state index < -0.39 is 0 Å². The molecule has 1 saturated heterocycles. The van der Waals surface area contributed by atoms with Gasteiger partial charge in [-0.1, -0.05) is 6.92 Å². The Kier molecular flexibility index (Phi) is 5.94. The first-order valence-corrected chi connectivity index (χ1v) is 8.87. The Morgan fingerprint density at radius 3 is 2.91 bits per heavy atom. The second-order valence-corrected chi connectivity index (χ2v) is 6.92. The lowest BCUT2D eigenvalue weighted by molar-refractivity contribution is -0.138. The Balaban J connectivity index is 1.88. The first-order valence-electron chi connectivity index (χ1n) is 8.05. The first kappa shape index (κ1) is 16.9. The van der Waals surface area contributed by atoms with Gasteiger partial charge in [-0.25, -0.2) is 4.98 Å². The molecule has 1 aromatic rings. The minimum absolute atomic E-state index is 0.0517. The highest BCUT2D eigenvalue weighted by Gasteiger charge is 2.29. The van der Waals surface area contributed by atoms with Crippen molar-refractivity contribution < 1.29 is 9.59 Å². The summed E-state index contributed by atoms with van der Waals surface area (Å²) in [6, 6.07) is 0. The third-order valence-electron chi connectivity index (χ3n) is 4.08. The monoisotopic (exact) mass is 323 g/mol. The molecule has 0 spiro atoms. The van der Waals surface area contributed by atoms with Crippen molar-refractivity contribution in [1.29, 1.82) is 0 Å². The van der Waals surface area contributed by atoms with Gasteiger partial charge in [0.05, 0.1) is 23.2 Å². The van der Waals surface area contributed by atoms with Gasteiger partial charge >= 0.3 is 0 Å². The molecule has 0 aliphatic carbocycles. The minimum atomic E-state index is -0.0824. The molecule has 0 unspecified atom stereocenters. The van der Waals surface area contributed by atoms with Gasteiger partial charge < -0.3 is 10.2 Å². The number of nitrogens with one attached hydrogen (secondary N) is 1. The molecular formula is C16H25N3O2S. The number of thiazole rings is 1. The highest BCUT2D eigenvalue weighted by atomic mass is 32.1. The molecule has 6 heteroatoms. The second kappa shape index (κ2) is 7.72. The Morgan fingerprint density at radius 1 is 1.45 bits per heavy atom. The van der Waals surface area contributed by atoms with E-state index in [1.165, 1.54) is 0 Å². The molecule has 1 aliphatic heterocycles. The smallest absolute Gasteiger partial charge is 0.225 e. The number of carbonyl (C=O) groups is 2. The van der Waals surface area contributed by atoms with E-state index in [4.69, 9.17) is 0 Å². The lowest BCUT2D eigenvalue weighted by Crippen LogP contribution is -2.45. The summed E-state index contributed by atoms with van der Waals surface area (Å²) in [5.74, 6) is 0.130. The van der Waals surface area contributed by atoms with Crippen LogP contribution in [0.2, 0.25) is 0 Å². The van der Waals surface area contributed by atoms with Crippen molar-refractivity contribution in [2.45, 2.75) is 53.0 Å². The van der Waals surface area contributed by atoms with Crippen LogP contribution in [0.1, 0.15) is 48.7 Å². The minimum Gasteiger partial charge on any atom is -0.351 e. The fourth-order valence-electron chi connectivity index (χ4n) is 2.72. The molecule has 2 amide bonds. The highest BCUT2D eigenvalue weighted by molar-refractivity contribution is 7.11. The normalized spacial score (nSPS) is 18.6. The number of hydrogen-bond acceptors (Lipinski definition) is 4. The third-order valence-corrected chi connectivity index (χ3v) is 5.29. The fraction of sp³-hybridized carbons (Fsp3) is 0.688. The lowest BCUT2D eigenvalue weighted by atomic mass is 9.96. The molecule has 1 N–H and O–H groups in total. The van der Waals surface area contributed by atoms with Crippen LogP contribution >= 0.6 is 11.3 Å². The van der Waals surface area contributed by atoms with Gasteiger partial charge in [-0.15, -0.1) is 11.3 Å². The van der Waals surface area contributed by atoms with Crippen LogP contribution in [-0.2, 0) is 22.6 Å².